The van der Waals surface area contributed by atoms with Crippen LogP contribution in [0.2, 0.25) is 0 Å². The molecular formula is C12H20N4O. The van der Waals surface area contributed by atoms with Crippen molar-refractivity contribution in [1.82, 2.24) is 10.7 Å². The molecule has 0 bridgehead atoms. The van der Waals surface area contributed by atoms with Crippen LogP contribution in [0.4, 0.5) is 0 Å². The number of hydrazine groups is 1. The van der Waals surface area contributed by atoms with Gasteiger partial charge in [-0.2, -0.15) is 0 Å². The topological polar surface area (TPSA) is 71.7 Å². The number of nitrogens with one attached hydrogen (secondary N) is 2. The largest absolute Gasteiger partial charge is 0.492 e. The van der Waals surface area contributed by atoms with E-state index in [0.717, 1.165) is 5.75 Å². The number of nitrogens with two attached hydrogens (primary N) is 1. The van der Waals surface area contributed by atoms with Gasteiger partial charge in [0.05, 0.1) is 6.54 Å². The molecule has 1 rings (SSSR count). The van der Waals surface area contributed by atoms with E-state index in [9.17, 15) is 0 Å². The lowest BCUT2D eigenvalue weighted by molar-refractivity contribution is 0.328. The number of benzene rings is 1. The molecule has 0 saturated heterocycles. The van der Waals surface area contributed by atoms with Crippen molar-refractivity contribution in [3.8, 4) is 5.75 Å². The maximum Gasteiger partial charge on any atom is 0.206 e. The fourth-order valence-corrected chi connectivity index (χ4v) is 1.24. The molecule has 0 radical (unpaired) electrons. The van der Waals surface area contributed by atoms with Crippen LogP contribution in [0.1, 0.15) is 13.8 Å². The molecule has 0 aliphatic carbocycles. The first kappa shape index (κ1) is 13.3. The minimum atomic E-state index is 0.292. The molecule has 0 atom stereocenters. The molecule has 0 fully saturated rings. The Morgan fingerprint density at radius 2 is 2.06 bits per heavy atom. The smallest absolute Gasteiger partial charge is 0.206 e. The van der Waals surface area contributed by atoms with Crippen LogP contribution in [0.5, 0.6) is 5.75 Å². The van der Waals surface area contributed by atoms with Crippen molar-refractivity contribution in [2.45, 2.75) is 19.9 Å². The minimum Gasteiger partial charge on any atom is -0.492 e. The van der Waals surface area contributed by atoms with Crippen LogP contribution in [0, 0.1) is 0 Å². The average Bonchev–Trinajstić information content (AvgIpc) is 2.34. The Balaban J connectivity index is 2.28. The second-order valence-electron chi connectivity index (χ2n) is 3.84. The van der Waals surface area contributed by atoms with E-state index in [1.807, 2.05) is 44.2 Å². The van der Waals surface area contributed by atoms with Crippen molar-refractivity contribution in [3.63, 3.8) is 0 Å². The number of nitrogens with zero attached hydrogens (tertiary/aromatic N) is 1. The monoisotopic (exact) mass is 236 g/mol. The molecule has 4 N–H and O–H groups in total. The minimum absolute atomic E-state index is 0.292. The molecule has 0 spiro atoms. The molecule has 5 heteroatoms. The Hall–Kier alpha value is -1.75. The van der Waals surface area contributed by atoms with Gasteiger partial charge in [-0.1, -0.05) is 18.2 Å². The van der Waals surface area contributed by atoms with Crippen molar-refractivity contribution in [1.29, 1.82) is 0 Å². The summed E-state index contributed by atoms with van der Waals surface area (Å²) in [4.78, 5) is 4.24. The number of ether oxygens (including phenoxy) is 1. The molecular weight excluding hydrogens is 216 g/mol. The van der Waals surface area contributed by atoms with E-state index in [-0.39, 0.29) is 0 Å². The van der Waals surface area contributed by atoms with E-state index in [2.05, 4.69) is 15.7 Å². The highest BCUT2D eigenvalue weighted by Gasteiger charge is 1.97. The molecule has 0 aliphatic rings. The molecule has 1 aromatic rings. The highest BCUT2D eigenvalue weighted by Crippen LogP contribution is 2.07. The number of guanidine groups is 1. The van der Waals surface area contributed by atoms with Crippen molar-refractivity contribution in [2.75, 3.05) is 13.2 Å². The van der Waals surface area contributed by atoms with Crippen molar-refractivity contribution >= 4 is 5.96 Å². The lowest BCUT2D eigenvalue weighted by atomic mass is 10.3. The Morgan fingerprint density at radius 3 is 2.65 bits per heavy atom. The Kier molecular flexibility index (Phi) is 5.88. The van der Waals surface area contributed by atoms with Crippen LogP contribution in [-0.4, -0.2) is 25.2 Å². The summed E-state index contributed by atoms with van der Waals surface area (Å²) in [6, 6.07) is 9.95. The number of rotatable bonds is 5. The van der Waals surface area contributed by atoms with Gasteiger partial charge in [-0.05, 0) is 26.0 Å². The average molecular weight is 236 g/mol. The second kappa shape index (κ2) is 7.51. The third kappa shape index (κ3) is 5.77. The van der Waals surface area contributed by atoms with E-state index in [1.165, 1.54) is 0 Å². The Labute approximate surface area is 102 Å². The summed E-state index contributed by atoms with van der Waals surface area (Å²) in [5.41, 5.74) is 2.52. The number of hydrogen-bond donors (Lipinski definition) is 3. The van der Waals surface area contributed by atoms with Gasteiger partial charge in [0.1, 0.15) is 12.4 Å². The molecule has 0 amide bonds. The van der Waals surface area contributed by atoms with E-state index >= 15 is 0 Å². The SMILES string of the molecule is CC(C)NC(=NCCOc1ccccc1)NN. The molecule has 1 aromatic carbocycles. The molecule has 0 unspecified atom stereocenters. The molecule has 5 nitrogen and oxygen atoms in total. The quantitative estimate of drug-likeness (QED) is 0.233. The Morgan fingerprint density at radius 1 is 1.35 bits per heavy atom. The summed E-state index contributed by atoms with van der Waals surface area (Å²) in [6.07, 6.45) is 0. The second-order valence-corrected chi connectivity index (χ2v) is 3.84. The van der Waals surface area contributed by atoms with Gasteiger partial charge in [0.15, 0.2) is 0 Å². The summed E-state index contributed by atoms with van der Waals surface area (Å²) in [6.45, 7) is 5.11. The first-order valence-electron chi connectivity index (χ1n) is 5.68. The van der Waals surface area contributed by atoms with Crippen LogP contribution in [0.3, 0.4) is 0 Å². The van der Waals surface area contributed by atoms with Gasteiger partial charge in [0.2, 0.25) is 5.96 Å². The molecule has 94 valence electrons. The van der Waals surface area contributed by atoms with Crippen LogP contribution in [0.15, 0.2) is 35.3 Å². The summed E-state index contributed by atoms with van der Waals surface area (Å²) in [5.74, 6) is 6.76. The number of para-hydroxylation sites is 1. The van der Waals surface area contributed by atoms with Crippen molar-refractivity contribution < 1.29 is 4.74 Å². The first-order chi connectivity index (χ1) is 8.22. The summed E-state index contributed by atoms with van der Waals surface area (Å²) in [5, 5.41) is 3.09. The lowest BCUT2D eigenvalue weighted by Gasteiger charge is -2.12. The molecule has 0 saturated carbocycles. The van der Waals surface area contributed by atoms with E-state index in [4.69, 9.17) is 10.6 Å². The van der Waals surface area contributed by atoms with Gasteiger partial charge < -0.3 is 10.1 Å². The third-order valence-electron chi connectivity index (χ3n) is 1.94. The number of aliphatic imine (C=N–C) groups is 1. The van der Waals surface area contributed by atoms with Gasteiger partial charge >= 0.3 is 0 Å². The highest BCUT2D eigenvalue weighted by atomic mass is 16.5. The van der Waals surface area contributed by atoms with Gasteiger partial charge in [0.25, 0.3) is 0 Å². The van der Waals surface area contributed by atoms with Crippen molar-refractivity contribution in [2.24, 2.45) is 10.8 Å². The lowest BCUT2D eigenvalue weighted by Crippen LogP contribution is -2.44. The standard InChI is InChI=1S/C12H20N4O/c1-10(2)15-12(16-13)14-8-9-17-11-6-4-3-5-7-11/h3-7,10H,8-9,13H2,1-2H3,(H2,14,15,16). The maximum absolute atomic E-state index is 5.50. The normalized spacial score (nSPS) is 11.4. The fraction of sp³-hybridized carbons (Fsp3) is 0.417. The summed E-state index contributed by atoms with van der Waals surface area (Å²) < 4.78 is 5.50. The zero-order chi connectivity index (χ0) is 12.5. The molecule has 0 aromatic heterocycles. The number of hydrogen-bond acceptors (Lipinski definition) is 3. The predicted molar refractivity (Wildman–Crippen MR) is 69.8 cm³/mol. The van der Waals surface area contributed by atoms with Crippen LogP contribution < -0.4 is 21.3 Å². The zero-order valence-corrected chi connectivity index (χ0v) is 10.3. The van der Waals surface area contributed by atoms with E-state index < -0.39 is 0 Å². The van der Waals surface area contributed by atoms with Crippen LogP contribution in [0.25, 0.3) is 0 Å². The van der Waals surface area contributed by atoms with Gasteiger partial charge in [-0.15, -0.1) is 0 Å². The van der Waals surface area contributed by atoms with Gasteiger partial charge in [0, 0.05) is 6.04 Å². The Bertz CT molecular complexity index is 338. The zero-order valence-electron chi connectivity index (χ0n) is 10.3. The molecule has 0 heterocycles. The van der Waals surface area contributed by atoms with Crippen LogP contribution in [-0.2, 0) is 0 Å². The summed E-state index contributed by atoms with van der Waals surface area (Å²) >= 11 is 0. The molecule has 0 aliphatic heterocycles. The fourth-order valence-electron chi connectivity index (χ4n) is 1.24. The first-order valence-corrected chi connectivity index (χ1v) is 5.68. The molecule has 17 heavy (non-hydrogen) atoms. The van der Waals surface area contributed by atoms with Gasteiger partial charge in [-0.3, -0.25) is 5.43 Å². The van der Waals surface area contributed by atoms with E-state index in [1.54, 1.807) is 0 Å². The third-order valence-corrected chi connectivity index (χ3v) is 1.94. The maximum atomic E-state index is 5.50. The highest BCUT2D eigenvalue weighted by molar-refractivity contribution is 5.79. The predicted octanol–water partition coefficient (Wildman–Crippen LogP) is 0.883. The van der Waals surface area contributed by atoms with Gasteiger partial charge in [-0.25, -0.2) is 10.8 Å². The van der Waals surface area contributed by atoms with Crippen LogP contribution >= 0.6 is 0 Å². The van der Waals surface area contributed by atoms with Crippen molar-refractivity contribution in [3.05, 3.63) is 30.3 Å². The summed E-state index contributed by atoms with van der Waals surface area (Å²) in [7, 11) is 0. The van der Waals surface area contributed by atoms with E-state index in [0.29, 0.717) is 25.2 Å².